The molecule has 0 N–H and O–H groups in total. The van der Waals surface area contributed by atoms with Gasteiger partial charge < -0.3 is 19.0 Å². The Labute approximate surface area is 395 Å². The number of para-hydroxylation sites is 5. The summed E-state index contributed by atoms with van der Waals surface area (Å²) in [6.07, 6.45) is 0. The van der Waals surface area contributed by atoms with Crippen LogP contribution < -0.4 is 14.5 Å². The van der Waals surface area contributed by atoms with Gasteiger partial charge in [0.25, 0.3) is 0 Å². The average Bonchev–Trinajstić information content (AvgIpc) is 3.92. The molecule has 3 aliphatic rings. The molecule has 4 heteroatoms. The largest absolute Gasteiger partial charge is 0.456 e. The van der Waals surface area contributed by atoms with E-state index in [1.54, 1.807) is 0 Å². The number of rotatable bonds is 5. The normalized spacial score (nSPS) is 15.8. The molecule has 1 unspecified atom stereocenters. The van der Waals surface area contributed by atoms with Gasteiger partial charge in [-0.2, -0.15) is 0 Å². The van der Waals surface area contributed by atoms with E-state index in [0.717, 1.165) is 67.6 Å². The summed E-state index contributed by atoms with van der Waals surface area (Å²) in [7, 11) is 0. The number of furan rings is 1. The van der Waals surface area contributed by atoms with Crippen molar-refractivity contribution in [3.63, 3.8) is 0 Å². The number of benzene rings is 10. The summed E-state index contributed by atoms with van der Waals surface area (Å²) < 4.78 is 13.1. The highest BCUT2D eigenvalue weighted by Crippen LogP contribution is 2.65. The van der Waals surface area contributed by atoms with Crippen molar-refractivity contribution in [1.82, 2.24) is 0 Å². The second-order valence-corrected chi connectivity index (χ2v) is 18.8. The first-order valence-electron chi connectivity index (χ1n) is 23.5. The Balaban J connectivity index is 1.04. The highest BCUT2D eigenvalue weighted by atomic mass is 16.5. The maximum absolute atomic E-state index is 6.57. The van der Waals surface area contributed by atoms with E-state index in [9.17, 15) is 0 Å². The van der Waals surface area contributed by atoms with Crippen molar-refractivity contribution in [2.45, 2.75) is 24.7 Å². The zero-order valence-electron chi connectivity index (χ0n) is 37.7. The summed E-state index contributed by atoms with van der Waals surface area (Å²) in [6, 6.07) is 83.9. The van der Waals surface area contributed by atoms with Crippen molar-refractivity contribution in [3.05, 3.63) is 264 Å². The summed E-state index contributed by atoms with van der Waals surface area (Å²) in [5.41, 5.74) is 19.7. The minimum atomic E-state index is -0.657. The van der Waals surface area contributed by atoms with E-state index in [0.29, 0.717) is 0 Å². The minimum absolute atomic E-state index is 0.303. The van der Waals surface area contributed by atoms with Crippen LogP contribution in [0.3, 0.4) is 0 Å². The lowest BCUT2D eigenvalue weighted by atomic mass is 9.55. The summed E-state index contributed by atoms with van der Waals surface area (Å²) in [4.78, 5) is 4.82. The molecule has 14 rings (SSSR count). The molecule has 0 amide bonds. The molecule has 0 bridgehead atoms. The summed E-state index contributed by atoms with van der Waals surface area (Å²) in [5, 5.41) is 2.22. The molecular formula is C64H44N2O2. The molecule has 1 spiro atoms. The Hall–Kier alpha value is -8.60. The van der Waals surface area contributed by atoms with E-state index in [1.165, 1.54) is 55.6 Å². The van der Waals surface area contributed by atoms with Crippen LogP contribution in [0.1, 0.15) is 47.2 Å². The Bertz CT molecular complexity index is 3780. The van der Waals surface area contributed by atoms with Crippen LogP contribution in [-0.4, -0.2) is 0 Å². The second kappa shape index (κ2) is 14.4. The number of anilines is 6. The molecule has 68 heavy (non-hydrogen) atoms. The van der Waals surface area contributed by atoms with Crippen LogP contribution >= 0.6 is 0 Å². The first kappa shape index (κ1) is 38.6. The van der Waals surface area contributed by atoms with Crippen LogP contribution in [0.25, 0.3) is 44.2 Å². The van der Waals surface area contributed by atoms with Gasteiger partial charge in [0.05, 0.1) is 22.5 Å². The molecule has 1 aliphatic heterocycles. The number of hydrogen-bond acceptors (Lipinski definition) is 4. The van der Waals surface area contributed by atoms with Gasteiger partial charge in [-0.1, -0.05) is 166 Å². The molecule has 0 radical (unpaired) electrons. The quantitative estimate of drug-likeness (QED) is 0.172. The lowest BCUT2D eigenvalue weighted by molar-refractivity contribution is 0.477. The van der Waals surface area contributed by atoms with E-state index >= 15 is 0 Å². The lowest BCUT2D eigenvalue weighted by Gasteiger charge is -2.47. The van der Waals surface area contributed by atoms with Crippen molar-refractivity contribution < 1.29 is 9.15 Å². The van der Waals surface area contributed by atoms with Crippen molar-refractivity contribution in [1.29, 1.82) is 0 Å². The third-order valence-corrected chi connectivity index (χ3v) is 14.9. The SMILES string of the molecule is CC1(C)c2ccccc2C2(c3ccccc3-c3c(N4c5ccccc5Oc5ccccc54)cccc32)c2cc(N(c3ccc(-c4ccccc4)cc3)c3ccc4c(c3)oc3ccccc34)ccc21. The molecule has 2 heterocycles. The van der Waals surface area contributed by atoms with Gasteiger partial charge >= 0.3 is 0 Å². The van der Waals surface area contributed by atoms with Gasteiger partial charge in [-0.25, -0.2) is 0 Å². The fraction of sp³-hybridized carbons (Fsp3) is 0.0625. The van der Waals surface area contributed by atoms with Crippen molar-refractivity contribution >= 4 is 56.1 Å². The monoisotopic (exact) mass is 872 g/mol. The molecule has 1 atom stereocenters. The lowest BCUT2D eigenvalue weighted by Crippen LogP contribution is -2.40. The molecule has 0 saturated carbocycles. The van der Waals surface area contributed by atoms with E-state index in [2.05, 4.69) is 248 Å². The molecule has 1 aromatic heterocycles. The van der Waals surface area contributed by atoms with Crippen molar-refractivity contribution in [3.8, 4) is 33.8 Å². The highest BCUT2D eigenvalue weighted by molar-refractivity contribution is 6.06. The first-order chi connectivity index (χ1) is 33.5. The Morgan fingerprint density at radius 3 is 1.74 bits per heavy atom. The smallest absolute Gasteiger partial charge is 0.151 e. The van der Waals surface area contributed by atoms with Crippen molar-refractivity contribution in [2.75, 3.05) is 9.80 Å². The van der Waals surface area contributed by atoms with E-state index in [-0.39, 0.29) is 5.41 Å². The first-order valence-corrected chi connectivity index (χ1v) is 23.5. The van der Waals surface area contributed by atoms with Crippen LogP contribution in [0.15, 0.2) is 235 Å². The topological polar surface area (TPSA) is 28.9 Å². The predicted octanol–water partition coefficient (Wildman–Crippen LogP) is 17.3. The van der Waals surface area contributed by atoms with Gasteiger partial charge in [-0.05, 0) is 123 Å². The third-order valence-electron chi connectivity index (χ3n) is 14.9. The van der Waals surface area contributed by atoms with Gasteiger partial charge in [0.15, 0.2) is 11.5 Å². The van der Waals surface area contributed by atoms with Gasteiger partial charge in [0.1, 0.15) is 11.2 Å². The molecule has 11 aromatic rings. The summed E-state index contributed by atoms with van der Waals surface area (Å²) >= 11 is 0. The molecule has 0 saturated heterocycles. The Kier molecular flexibility index (Phi) is 8.21. The standard InChI is InChI=1S/C64H44N2O2/c1-63(2)50-22-9-10-23-52(50)64(49-21-8-6-20-48(49)62-53(64)24-16-27-57(62)66-55-25-11-14-29-59(55)68-60-30-15-12-26-56(60)66)54-39-44(36-38-51(54)63)65(43-33-31-42(32-34-43)41-17-4-3-5-18-41)45-35-37-47-46-19-7-13-28-58(46)67-61(47)40-45/h3-40H,1-2H3. The van der Waals surface area contributed by atoms with Crippen molar-refractivity contribution in [2.24, 2.45) is 0 Å². The fourth-order valence-corrected chi connectivity index (χ4v) is 11.9. The predicted molar refractivity (Wildman–Crippen MR) is 278 cm³/mol. The maximum atomic E-state index is 6.57. The minimum Gasteiger partial charge on any atom is -0.456 e. The van der Waals surface area contributed by atoms with E-state index < -0.39 is 5.41 Å². The van der Waals surface area contributed by atoms with Gasteiger partial charge in [-0.15, -0.1) is 0 Å². The van der Waals surface area contributed by atoms with Crippen LogP contribution in [0, 0.1) is 0 Å². The molecular weight excluding hydrogens is 829 g/mol. The second-order valence-electron chi connectivity index (χ2n) is 18.8. The zero-order valence-corrected chi connectivity index (χ0v) is 37.7. The molecule has 4 nitrogen and oxygen atoms in total. The highest BCUT2D eigenvalue weighted by Gasteiger charge is 2.54. The van der Waals surface area contributed by atoms with Gasteiger partial charge in [0, 0.05) is 44.9 Å². The molecule has 2 aliphatic carbocycles. The van der Waals surface area contributed by atoms with Crippen LogP contribution in [-0.2, 0) is 10.8 Å². The van der Waals surface area contributed by atoms with Crippen LogP contribution in [0.2, 0.25) is 0 Å². The Morgan fingerprint density at radius 2 is 0.941 bits per heavy atom. The number of nitrogens with zero attached hydrogens (tertiary/aromatic N) is 2. The van der Waals surface area contributed by atoms with Gasteiger partial charge in [0.2, 0.25) is 0 Å². The van der Waals surface area contributed by atoms with E-state index in [4.69, 9.17) is 9.15 Å². The number of hydrogen-bond donors (Lipinski definition) is 0. The van der Waals surface area contributed by atoms with Crippen LogP contribution in [0.5, 0.6) is 11.5 Å². The maximum Gasteiger partial charge on any atom is 0.151 e. The van der Waals surface area contributed by atoms with Crippen LogP contribution in [0.4, 0.5) is 34.1 Å². The van der Waals surface area contributed by atoms with Gasteiger partial charge in [-0.3, -0.25) is 0 Å². The molecule has 10 aromatic carbocycles. The summed E-state index contributed by atoms with van der Waals surface area (Å²) in [6.45, 7) is 4.79. The number of fused-ring (bicyclic) bond motifs is 14. The third kappa shape index (κ3) is 5.37. The molecule has 322 valence electrons. The zero-order chi connectivity index (χ0) is 45.1. The Morgan fingerprint density at radius 1 is 0.382 bits per heavy atom. The fourth-order valence-electron chi connectivity index (χ4n) is 11.9. The average molecular weight is 873 g/mol. The number of ether oxygens (including phenoxy) is 1. The summed E-state index contributed by atoms with van der Waals surface area (Å²) in [5.74, 6) is 1.67. The van der Waals surface area contributed by atoms with E-state index in [1.807, 2.05) is 6.07 Å². The molecule has 0 fully saturated rings.